The molecule has 0 aliphatic heterocycles. The molecule has 0 aromatic heterocycles. The van der Waals surface area contributed by atoms with Crippen LogP contribution in [0.3, 0.4) is 0 Å². The number of hydrogen-bond donors (Lipinski definition) is 2. The molecule has 0 aliphatic carbocycles. The SMILES string of the molecule is CCCCC(C)(C)c1cc(O)c(C(C)(C)CCCC)cc1O. The summed E-state index contributed by atoms with van der Waals surface area (Å²) in [7, 11) is 0. The molecule has 0 saturated carbocycles. The molecule has 0 radical (unpaired) electrons. The third kappa shape index (κ3) is 4.41. The minimum Gasteiger partial charge on any atom is -0.508 e. The van der Waals surface area contributed by atoms with E-state index in [2.05, 4.69) is 41.5 Å². The van der Waals surface area contributed by atoms with Gasteiger partial charge in [0.05, 0.1) is 0 Å². The largest absolute Gasteiger partial charge is 0.508 e. The maximum atomic E-state index is 10.5. The zero-order valence-corrected chi connectivity index (χ0v) is 15.3. The van der Waals surface area contributed by atoms with Gasteiger partial charge in [0.15, 0.2) is 0 Å². The van der Waals surface area contributed by atoms with Crippen LogP contribution >= 0.6 is 0 Å². The lowest BCUT2D eigenvalue weighted by Gasteiger charge is -2.30. The molecule has 0 heterocycles. The van der Waals surface area contributed by atoms with Gasteiger partial charge in [-0.3, -0.25) is 0 Å². The third-order valence-corrected chi connectivity index (χ3v) is 4.88. The minimum atomic E-state index is -0.121. The quantitative estimate of drug-likeness (QED) is 0.575. The molecule has 1 aromatic rings. The zero-order chi connectivity index (χ0) is 17.0. The summed E-state index contributed by atoms with van der Waals surface area (Å²) >= 11 is 0. The summed E-state index contributed by atoms with van der Waals surface area (Å²) in [5.41, 5.74) is 1.47. The molecule has 2 heteroatoms. The van der Waals surface area contributed by atoms with Gasteiger partial charge in [-0.2, -0.15) is 0 Å². The predicted octanol–water partition coefficient (Wildman–Crippen LogP) is 6.03. The van der Waals surface area contributed by atoms with E-state index in [1.165, 1.54) is 0 Å². The van der Waals surface area contributed by atoms with E-state index in [1.807, 2.05) is 0 Å². The van der Waals surface area contributed by atoms with E-state index in [0.29, 0.717) is 11.5 Å². The van der Waals surface area contributed by atoms with Gasteiger partial charge in [-0.25, -0.2) is 0 Å². The minimum absolute atomic E-state index is 0.121. The van der Waals surface area contributed by atoms with E-state index in [-0.39, 0.29) is 10.8 Å². The Kier molecular flexibility index (Phi) is 6.34. The number of aromatic hydroxyl groups is 2. The Hall–Kier alpha value is -1.18. The molecule has 0 amide bonds. The van der Waals surface area contributed by atoms with Crippen molar-refractivity contribution in [2.75, 3.05) is 0 Å². The highest BCUT2D eigenvalue weighted by molar-refractivity contribution is 5.50. The first-order chi connectivity index (χ1) is 10.2. The maximum absolute atomic E-state index is 10.5. The highest BCUT2D eigenvalue weighted by atomic mass is 16.3. The van der Waals surface area contributed by atoms with Gasteiger partial charge in [0.1, 0.15) is 11.5 Å². The normalized spacial score (nSPS) is 12.6. The van der Waals surface area contributed by atoms with E-state index < -0.39 is 0 Å². The van der Waals surface area contributed by atoms with Crippen LogP contribution in [0.4, 0.5) is 0 Å². The number of phenols is 2. The van der Waals surface area contributed by atoms with Crippen LogP contribution in [-0.4, -0.2) is 10.2 Å². The summed E-state index contributed by atoms with van der Waals surface area (Å²) in [4.78, 5) is 0. The fourth-order valence-corrected chi connectivity index (χ4v) is 3.17. The average molecular weight is 306 g/mol. The van der Waals surface area contributed by atoms with Gasteiger partial charge in [-0.05, 0) is 35.8 Å². The van der Waals surface area contributed by atoms with E-state index in [1.54, 1.807) is 12.1 Å². The fraction of sp³-hybridized carbons (Fsp3) is 0.700. The second-order valence-corrected chi connectivity index (χ2v) is 7.86. The van der Waals surface area contributed by atoms with Crippen molar-refractivity contribution in [1.82, 2.24) is 0 Å². The number of unbranched alkanes of at least 4 members (excludes halogenated alkanes) is 2. The second-order valence-electron chi connectivity index (χ2n) is 7.86. The van der Waals surface area contributed by atoms with Crippen molar-refractivity contribution in [1.29, 1.82) is 0 Å². The van der Waals surface area contributed by atoms with Crippen LogP contribution in [0.5, 0.6) is 11.5 Å². The molecule has 126 valence electrons. The molecule has 0 saturated heterocycles. The summed E-state index contributed by atoms with van der Waals surface area (Å²) in [6.07, 6.45) is 6.54. The maximum Gasteiger partial charge on any atom is 0.119 e. The zero-order valence-electron chi connectivity index (χ0n) is 15.3. The van der Waals surface area contributed by atoms with Crippen molar-refractivity contribution in [3.05, 3.63) is 23.3 Å². The molecule has 0 spiro atoms. The first-order valence-corrected chi connectivity index (χ1v) is 8.72. The molecule has 0 unspecified atom stereocenters. The van der Waals surface area contributed by atoms with Crippen molar-refractivity contribution in [2.45, 2.75) is 90.9 Å². The Morgan fingerprint density at radius 3 is 1.32 bits per heavy atom. The third-order valence-electron chi connectivity index (χ3n) is 4.88. The van der Waals surface area contributed by atoms with E-state index in [0.717, 1.165) is 49.7 Å². The van der Waals surface area contributed by atoms with Crippen LogP contribution < -0.4 is 0 Å². The molecule has 1 rings (SSSR count). The lowest BCUT2D eigenvalue weighted by atomic mass is 9.75. The number of rotatable bonds is 8. The summed E-state index contributed by atoms with van der Waals surface area (Å²) in [6.45, 7) is 12.9. The van der Waals surface area contributed by atoms with Crippen LogP contribution in [0.2, 0.25) is 0 Å². The standard InChI is InChI=1S/C20H34O2/c1-7-9-11-19(3,4)15-13-18(22)16(14-17(15)21)20(5,6)12-10-8-2/h13-14,21-22H,7-12H2,1-6H3. The molecule has 2 N–H and O–H groups in total. The Morgan fingerprint density at radius 1 is 0.727 bits per heavy atom. The average Bonchev–Trinajstić information content (AvgIpc) is 2.44. The molecule has 0 bridgehead atoms. The van der Waals surface area contributed by atoms with E-state index in [9.17, 15) is 10.2 Å². The van der Waals surface area contributed by atoms with E-state index >= 15 is 0 Å². The van der Waals surface area contributed by atoms with Gasteiger partial charge in [0.25, 0.3) is 0 Å². The van der Waals surface area contributed by atoms with Crippen molar-refractivity contribution in [3.8, 4) is 11.5 Å². The monoisotopic (exact) mass is 306 g/mol. The number of benzene rings is 1. The number of phenolic OH excluding ortho intramolecular Hbond substituents is 2. The van der Waals surface area contributed by atoms with Gasteiger partial charge >= 0.3 is 0 Å². The van der Waals surface area contributed by atoms with Crippen molar-refractivity contribution < 1.29 is 10.2 Å². The number of hydrogen-bond acceptors (Lipinski definition) is 2. The molecular weight excluding hydrogens is 272 g/mol. The van der Waals surface area contributed by atoms with Crippen molar-refractivity contribution >= 4 is 0 Å². The van der Waals surface area contributed by atoms with Gasteiger partial charge in [0, 0.05) is 11.1 Å². The van der Waals surface area contributed by atoms with Gasteiger partial charge < -0.3 is 10.2 Å². The van der Waals surface area contributed by atoms with Gasteiger partial charge in [-0.15, -0.1) is 0 Å². The summed E-state index contributed by atoms with van der Waals surface area (Å²) in [5.74, 6) is 0.636. The second kappa shape index (κ2) is 7.39. The first-order valence-electron chi connectivity index (χ1n) is 8.72. The van der Waals surface area contributed by atoms with Crippen LogP contribution in [0, 0.1) is 0 Å². The lowest BCUT2D eigenvalue weighted by molar-refractivity contribution is 0.385. The highest BCUT2D eigenvalue weighted by Crippen LogP contribution is 2.43. The molecular formula is C20H34O2. The molecule has 22 heavy (non-hydrogen) atoms. The molecule has 0 aliphatic rings. The first kappa shape index (κ1) is 18.9. The van der Waals surface area contributed by atoms with Gasteiger partial charge in [-0.1, -0.05) is 67.2 Å². The Bertz CT molecular complexity index is 441. The highest BCUT2D eigenvalue weighted by Gasteiger charge is 2.29. The van der Waals surface area contributed by atoms with Crippen LogP contribution in [0.1, 0.15) is 91.2 Å². The van der Waals surface area contributed by atoms with Crippen molar-refractivity contribution in [3.63, 3.8) is 0 Å². The smallest absolute Gasteiger partial charge is 0.119 e. The topological polar surface area (TPSA) is 40.5 Å². The molecule has 2 nitrogen and oxygen atoms in total. The summed E-state index contributed by atoms with van der Waals surface area (Å²) < 4.78 is 0. The Morgan fingerprint density at radius 2 is 1.05 bits per heavy atom. The lowest BCUT2D eigenvalue weighted by Crippen LogP contribution is -2.20. The summed E-state index contributed by atoms with van der Waals surface area (Å²) in [6, 6.07) is 3.57. The van der Waals surface area contributed by atoms with Crippen LogP contribution in [-0.2, 0) is 10.8 Å². The van der Waals surface area contributed by atoms with Gasteiger partial charge in [0.2, 0.25) is 0 Å². The Balaban J connectivity index is 3.16. The predicted molar refractivity (Wildman–Crippen MR) is 94.9 cm³/mol. The summed E-state index contributed by atoms with van der Waals surface area (Å²) in [5, 5.41) is 21.1. The van der Waals surface area contributed by atoms with Crippen LogP contribution in [0.25, 0.3) is 0 Å². The Labute approximate surface area is 136 Å². The van der Waals surface area contributed by atoms with Crippen LogP contribution in [0.15, 0.2) is 12.1 Å². The molecule has 1 aromatic carbocycles. The molecule has 0 atom stereocenters. The van der Waals surface area contributed by atoms with E-state index in [4.69, 9.17) is 0 Å². The fourth-order valence-electron chi connectivity index (χ4n) is 3.17. The van der Waals surface area contributed by atoms with Crippen molar-refractivity contribution in [2.24, 2.45) is 0 Å². The molecule has 0 fully saturated rings.